The first kappa shape index (κ1) is 21.3. The minimum atomic E-state index is -3.93. The molecule has 8 heteroatoms. The summed E-state index contributed by atoms with van der Waals surface area (Å²) in [6.45, 7) is 1.66. The van der Waals surface area contributed by atoms with Crippen LogP contribution in [0.5, 0.6) is 5.75 Å². The lowest BCUT2D eigenvalue weighted by atomic mass is 10.1. The Labute approximate surface area is 174 Å². The number of sulfonamides is 1. The predicted octanol–water partition coefficient (Wildman–Crippen LogP) is 4.12. The zero-order valence-electron chi connectivity index (χ0n) is 16.5. The fourth-order valence-electron chi connectivity index (χ4n) is 2.93. The van der Waals surface area contributed by atoms with Gasteiger partial charge in [0.1, 0.15) is 11.6 Å². The second-order valence-electron chi connectivity index (χ2n) is 6.64. The fraction of sp³-hybridized carbons (Fsp3) is 0.136. The topological polar surface area (TPSA) is 84.5 Å². The van der Waals surface area contributed by atoms with Gasteiger partial charge in [-0.25, -0.2) is 12.8 Å². The smallest absolute Gasteiger partial charge is 0.262 e. The molecule has 0 aromatic heterocycles. The van der Waals surface area contributed by atoms with E-state index in [0.29, 0.717) is 28.3 Å². The molecule has 3 rings (SSSR count). The highest BCUT2D eigenvalue weighted by Gasteiger charge is 2.20. The van der Waals surface area contributed by atoms with E-state index in [0.717, 1.165) is 0 Å². The van der Waals surface area contributed by atoms with Gasteiger partial charge in [0.05, 0.1) is 24.1 Å². The van der Waals surface area contributed by atoms with Gasteiger partial charge < -0.3 is 10.1 Å². The van der Waals surface area contributed by atoms with E-state index >= 15 is 0 Å². The molecule has 0 heterocycles. The van der Waals surface area contributed by atoms with Crippen LogP contribution < -0.4 is 14.8 Å². The summed E-state index contributed by atoms with van der Waals surface area (Å²) in [6.07, 6.45) is -0.0345. The van der Waals surface area contributed by atoms with Crippen molar-refractivity contribution in [2.24, 2.45) is 0 Å². The number of nitrogens with one attached hydrogen (secondary N) is 2. The Morgan fingerprint density at radius 1 is 1.03 bits per heavy atom. The number of amides is 1. The van der Waals surface area contributed by atoms with Gasteiger partial charge in [0, 0.05) is 5.69 Å². The molecule has 3 aromatic rings. The number of ether oxygens (including phenoxy) is 1. The van der Waals surface area contributed by atoms with Crippen molar-refractivity contribution < 1.29 is 22.3 Å². The van der Waals surface area contributed by atoms with E-state index in [1.807, 2.05) is 0 Å². The maximum atomic E-state index is 13.3. The lowest BCUT2D eigenvalue weighted by Crippen LogP contribution is -2.17. The number of aryl methyl sites for hydroxylation is 1. The molecule has 0 bridgehead atoms. The monoisotopic (exact) mass is 428 g/mol. The molecule has 0 atom stereocenters. The van der Waals surface area contributed by atoms with Crippen LogP contribution >= 0.6 is 0 Å². The highest BCUT2D eigenvalue weighted by molar-refractivity contribution is 7.92. The summed E-state index contributed by atoms with van der Waals surface area (Å²) < 4.78 is 46.9. The number of carbonyl (C=O) groups excluding carboxylic acids is 1. The van der Waals surface area contributed by atoms with Gasteiger partial charge in [-0.2, -0.15) is 0 Å². The third kappa shape index (κ3) is 5.15. The van der Waals surface area contributed by atoms with Gasteiger partial charge in [-0.3, -0.25) is 9.52 Å². The Morgan fingerprint density at radius 2 is 1.80 bits per heavy atom. The molecule has 0 aliphatic carbocycles. The van der Waals surface area contributed by atoms with E-state index in [1.165, 1.54) is 31.4 Å². The van der Waals surface area contributed by atoms with Gasteiger partial charge in [0.2, 0.25) is 5.91 Å². The summed E-state index contributed by atoms with van der Waals surface area (Å²) in [6, 6.07) is 17.0. The number of carbonyl (C=O) groups is 1. The lowest BCUT2D eigenvalue weighted by molar-refractivity contribution is -0.115. The van der Waals surface area contributed by atoms with Gasteiger partial charge in [-0.15, -0.1) is 0 Å². The number of methoxy groups -OCH3 is 1. The summed E-state index contributed by atoms with van der Waals surface area (Å²) in [5.74, 6) is -0.421. The molecule has 0 aliphatic rings. The maximum Gasteiger partial charge on any atom is 0.262 e. The fourth-order valence-corrected chi connectivity index (χ4v) is 4.28. The van der Waals surface area contributed by atoms with E-state index in [4.69, 9.17) is 4.74 Å². The average molecular weight is 428 g/mol. The number of rotatable bonds is 7. The van der Waals surface area contributed by atoms with Crippen LogP contribution in [0.15, 0.2) is 71.6 Å². The maximum absolute atomic E-state index is 13.3. The first-order valence-corrected chi connectivity index (χ1v) is 10.6. The van der Waals surface area contributed by atoms with Crippen LogP contribution in [-0.2, 0) is 21.2 Å². The van der Waals surface area contributed by atoms with E-state index in [-0.39, 0.29) is 17.2 Å². The van der Waals surface area contributed by atoms with Crippen molar-refractivity contribution in [3.63, 3.8) is 0 Å². The molecule has 6 nitrogen and oxygen atoms in total. The zero-order chi connectivity index (χ0) is 21.7. The van der Waals surface area contributed by atoms with Crippen molar-refractivity contribution in [1.82, 2.24) is 0 Å². The van der Waals surface area contributed by atoms with Crippen molar-refractivity contribution in [3.8, 4) is 5.75 Å². The van der Waals surface area contributed by atoms with Gasteiger partial charge in [-0.05, 0) is 54.4 Å². The second kappa shape index (κ2) is 8.96. The molecular formula is C22H21FN2O4S. The minimum Gasteiger partial charge on any atom is -0.495 e. The summed E-state index contributed by atoms with van der Waals surface area (Å²) in [5.41, 5.74) is 1.66. The Balaban J connectivity index is 1.81. The highest BCUT2D eigenvalue weighted by atomic mass is 32.2. The molecule has 0 saturated carbocycles. The van der Waals surface area contributed by atoms with Gasteiger partial charge in [0.15, 0.2) is 0 Å². The summed E-state index contributed by atoms with van der Waals surface area (Å²) in [7, 11) is -2.48. The average Bonchev–Trinajstić information content (AvgIpc) is 2.69. The first-order valence-electron chi connectivity index (χ1n) is 9.09. The molecule has 0 aliphatic heterocycles. The molecule has 0 radical (unpaired) electrons. The van der Waals surface area contributed by atoms with E-state index in [2.05, 4.69) is 10.0 Å². The SMILES string of the molecule is COc1ccccc1NS(=O)(=O)c1cc(NC(=O)Cc2cccc(F)c2)ccc1C. The van der Waals surface area contributed by atoms with Crippen molar-refractivity contribution in [3.05, 3.63) is 83.7 Å². The minimum absolute atomic E-state index is 0.0250. The predicted molar refractivity (Wildman–Crippen MR) is 114 cm³/mol. The van der Waals surface area contributed by atoms with Crippen molar-refractivity contribution >= 4 is 27.3 Å². The quantitative estimate of drug-likeness (QED) is 0.593. The van der Waals surface area contributed by atoms with Crippen molar-refractivity contribution in [1.29, 1.82) is 0 Å². The van der Waals surface area contributed by atoms with Crippen molar-refractivity contribution in [2.45, 2.75) is 18.2 Å². The number of hydrogen-bond donors (Lipinski definition) is 2. The molecule has 0 unspecified atom stereocenters. The Kier molecular flexibility index (Phi) is 6.37. The standard InChI is InChI=1S/C22H21FN2O4S/c1-15-10-11-18(24-22(26)13-16-6-5-7-17(23)12-16)14-21(15)30(27,28)25-19-8-3-4-9-20(19)29-2/h3-12,14,25H,13H2,1-2H3,(H,24,26). The third-order valence-electron chi connectivity index (χ3n) is 4.37. The number of para-hydroxylation sites is 2. The largest absolute Gasteiger partial charge is 0.495 e. The van der Waals surface area contributed by atoms with Crippen LogP contribution in [0.4, 0.5) is 15.8 Å². The second-order valence-corrected chi connectivity index (χ2v) is 8.29. The van der Waals surface area contributed by atoms with Crippen LogP contribution in [-0.4, -0.2) is 21.4 Å². The molecule has 0 fully saturated rings. The molecule has 30 heavy (non-hydrogen) atoms. The number of halogens is 1. The first-order chi connectivity index (χ1) is 14.3. The molecule has 0 saturated heterocycles. The van der Waals surface area contributed by atoms with Crippen LogP contribution in [0.3, 0.4) is 0 Å². The lowest BCUT2D eigenvalue weighted by Gasteiger charge is -2.14. The summed E-state index contributed by atoms with van der Waals surface area (Å²) >= 11 is 0. The molecule has 1 amide bonds. The van der Waals surface area contributed by atoms with E-state index < -0.39 is 15.8 Å². The van der Waals surface area contributed by atoms with Gasteiger partial charge in [-0.1, -0.05) is 30.3 Å². The van der Waals surface area contributed by atoms with Gasteiger partial charge in [0.25, 0.3) is 10.0 Å². The van der Waals surface area contributed by atoms with Crippen LogP contribution in [0.2, 0.25) is 0 Å². The van der Waals surface area contributed by atoms with Crippen LogP contribution in [0, 0.1) is 12.7 Å². The Bertz CT molecular complexity index is 1180. The number of anilines is 2. The molecule has 2 N–H and O–H groups in total. The van der Waals surface area contributed by atoms with Gasteiger partial charge >= 0.3 is 0 Å². The Hall–Kier alpha value is -3.39. The summed E-state index contributed by atoms with van der Waals surface area (Å²) in [4.78, 5) is 12.3. The normalized spacial score (nSPS) is 11.0. The summed E-state index contributed by atoms with van der Waals surface area (Å²) in [5, 5.41) is 2.66. The van der Waals surface area contributed by atoms with E-state index in [9.17, 15) is 17.6 Å². The molecule has 0 spiro atoms. The number of benzene rings is 3. The van der Waals surface area contributed by atoms with Crippen LogP contribution in [0.25, 0.3) is 0 Å². The third-order valence-corrected chi connectivity index (χ3v) is 5.87. The Morgan fingerprint density at radius 3 is 2.53 bits per heavy atom. The molecular weight excluding hydrogens is 407 g/mol. The van der Waals surface area contributed by atoms with E-state index in [1.54, 1.807) is 49.4 Å². The van der Waals surface area contributed by atoms with Crippen molar-refractivity contribution in [2.75, 3.05) is 17.1 Å². The molecule has 3 aromatic carbocycles. The molecule has 156 valence electrons. The highest BCUT2D eigenvalue weighted by Crippen LogP contribution is 2.28. The van der Waals surface area contributed by atoms with Crippen LogP contribution in [0.1, 0.15) is 11.1 Å². The number of hydrogen-bond acceptors (Lipinski definition) is 4. The zero-order valence-corrected chi connectivity index (χ0v) is 17.3.